The zero-order valence-corrected chi connectivity index (χ0v) is 12.2. The van der Waals surface area contributed by atoms with Gasteiger partial charge in [-0.1, -0.05) is 24.8 Å². The number of hydrogen-bond donors (Lipinski definition) is 1. The van der Waals surface area contributed by atoms with Gasteiger partial charge in [0.2, 0.25) is 0 Å². The highest BCUT2D eigenvalue weighted by atomic mass is 32.2. The molecular formula is C15H21N3S. The minimum absolute atomic E-state index is 0.338. The number of aromatic nitrogens is 1. The molecule has 0 radical (unpaired) electrons. The van der Waals surface area contributed by atoms with Crippen molar-refractivity contribution in [2.45, 2.75) is 44.7 Å². The number of amidine groups is 1. The summed E-state index contributed by atoms with van der Waals surface area (Å²) in [5, 5.41) is 4.81. The van der Waals surface area contributed by atoms with E-state index in [0.29, 0.717) is 5.54 Å². The minimum Gasteiger partial charge on any atom is -0.359 e. The number of pyridine rings is 1. The average molecular weight is 275 g/mol. The summed E-state index contributed by atoms with van der Waals surface area (Å²) in [4.78, 5) is 8.82. The predicted molar refractivity (Wildman–Crippen MR) is 81.3 cm³/mol. The fourth-order valence-corrected chi connectivity index (χ4v) is 4.05. The van der Waals surface area contributed by atoms with Gasteiger partial charge in [0.05, 0.1) is 6.54 Å². The van der Waals surface area contributed by atoms with Crippen molar-refractivity contribution in [1.29, 1.82) is 0 Å². The molecule has 2 fully saturated rings. The second-order valence-corrected chi connectivity index (χ2v) is 6.82. The van der Waals surface area contributed by atoms with E-state index in [0.717, 1.165) is 17.6 Å². The van der Waals surface area contributed by atoms with Gasteiger partial charge in [0.1, 0.15) is 0 Å². The molecule has 1 aliphatic carbocycles. The topological polar surface area (TPSA) is 37.3 Å². The molecule has 1 aliphatic heterocycles. The molecule has 2 aliphatic rings. The molecule has 0 atom stereocenters. The van der Waals surface area contributed by atoms with Crippen LogP contribution >= 0.6 is 11.8 Å². The van der Waals surface area contributed by atoms with Gasteiger partial charge in [-0.05, 0) is 43.2 Å². The molecule has 102 valence electrons. The first-order chi connectivity index (χ1) is 9.26. The molecule has 3 rings (SSSR count). The first-order valence-corrected chi connectivity index (χ1v) is 8.09. The Hall–Kier alpha value is -1.03. The van der Waals surface area contributed by atoms with E-state index in [1.807, 2.05) is 24.0 Å². The van der Waals surface area contributed by atoms with Crippen molar-refractivity contribution >= 4 is 16.9 Å². The predicted octanol–water partition coefficient (Wildman–Crippen LogP) is 3.22. The van der Waals surface area contributed by atoms with Crippen LogP contribution in [0.25, 0.3) is 0 Å². The SMILES string of the molecule is CC1CCC2(CC1)CSC(=NCc1cccnc1)N2. The second kappa shape index (κ2) is 5.53. The van der Waals surface area contributed by atoms with E-state index in [4.69, 9.17) is 4.99 Å². The molecule has 3 nitrogen and oxygen atoms in total. The maximum absolute atomic E-state index is 4.69. The van der Waals surface area contributed by atoms with Crippen LogP contribution in [-0.2, 0) is 6.54 Å². The Labute approximate surface area is 119 Å². The summed E-state index contributed by atoms with van der Waals surface area (Å²) in [6.07, 6.45) is 8.99. The molecule has 1 N–H and O–H groups in total. The van der Waals surface area contributed by atoms with Gasteiger partial charge < -0.3 is 5.32 Å². The summed E-state index contributed by atoms with van der Waals surface area (Å²) in [7, 11) is 0. The van der Waals surface area contributed by atoms with Crippen LogP contribution in [0.1, 0.15) is 38.2 Å². The monoisotopic (exact) mass is 275 g/mol. The normalized spacial score (nSPS) is 32.7. The number of hydrogen-bond acceptors (Lipinski definition) is 3. The van der Waals surface area contributed by atoms with Gasteiger partial charge in [-0.25, -0.2) is 0 Å². The lowest BCUT2D eigenvalue weighted by molar-refractivity contribution is 0.251. The van der Waals surface area contributed by atoms with E-state index in [2.05, 4.69) is 23.3 Å². The maximum atomic E-state index is 4.69. The van der Waals surface area contributed by atoms with Gasteiger partial charge in [-0.3, -0.25) is 9.98 Å². The van der Waals surface area contributed by atoms with E-state index < -0.39 is 0 Å². The van der Waals surface area contributed by atoms with Crippen LogP contribution in [0.3, 0.4) is 0 Å². The number of aliphatic imine (C=N–C) groups is 1. The zero-order chi connectivity index (χ0) is 13.1. The Kier molecular flexibility index (Phi) is 3.78. The highest BCUT2D eigenvalue weighted by Gasteiger charge is 2.39. The van der Waals surface area contributed by atoms with Gasteiger partial charge in [0, 0.05) is 23.7 Å². The molecule has 1 spiro atoms. The molecule has 0 bridgehead atoms. The lowest BCUT2D eigenvalue weighted by Crippen LogP contribution is -2.46. The molecule has 19 heavy (non-hydrogen) atoms. The summed E-state index contributed by atoms with van der Waals surface area (Å²) < 4.78 is 0. The van der Waals surface area contributed by atoms with Crippen LogP contribution in [0, 0.1) is 5.92 Å². The molecule has 2 heterocycles. The maximum Gasteiger partial charge on any atom is 0.157 e. The van der Waals surface area contributed by atoms with E-state index in [1.165, 1.54) is 37.0 Å². The minimum atomic E-state index is 0.338. The van der Waals surface area contributed by atoms with Crippen LogP contribution in [0.15, 0.2) is 29.5 Å². The highest BCUT2D eigenvalue weighted by Crippen LogP contribution is 2.38. The summed E-state index contributed by atoms with van der Waals surface area (Å²) in [5.74, 6) is 2.08. The number of rotatable bonds is 2. The Morgan fingerprint density at radius 2 is 2.32 bits per heavy atom. The van der Waals surface area contributed by atoms with Gasteiger partial charge in [-0.15, -0.1) is 0 Å². The third kappa shape index (κ3) is 3.11. The van der Waals surface area contributed by atoms with Crippen molar-refractivity contribution in [2.75, 3.05) is 5.75 Å². The smallest absolute Gasteiger partial charge is 0.157 e. The number of thioether (sulfide) groups is 1. The molecule has 0 unspecified atom stereocenters. The molecule has 0 aromatic carbocycles. The summed E-state index contributed by atoms with van der Waals surface area (Å²) in [6.45, 7) is 3.10. The zero-order valence-electron chi connectivity index (χ0n) is 11.4. The van der Waals surface area contributed by atoms with Crippen LogP contribution < -0.4 is 5.32 Å². The quantitative estimate of drug-likeness (QED) is 0.900. The first kappa shape index (κ1) is 13.0. The lowest BCUT2D eigenvalue weighted by atomic mass is 9.78. The van der Waals surface area contributed by atoms with Crippen LogP contribution in [-0.4, -0.2) is 21.4 Å². The lowest BCUT2D eigenvalue weighted by Gasteiger charge is -2.35. The second-order valence-electron chi connectivity index (χ2n) is 5.86. The molecule has 4 heteroatoms. The largest absolute Gasteiger partial charge is 0.359 e. The van der Waals surface area contributed by atoms with Gasteiger partial charge in [-0.2, -0.15) is 0 Å². The Balaban J connectivity index is 1.59. The van der Waals surface area contributed by atoms with Crippen molar-refractivity contribution < 1.29 is 0 Å². The van der Waals surface area contributed by atoms with E-state index in [-0.39, 0.29) is 0 Å². The van der Waals surface area contributed by atoms with Gasteiger partial charge >= 0.3 is 0 Å². The van der Waals surface area contributed by atoms with Crippen molar-refractivity contribution in [3.8, 4) is 0 Å². The molecule has 1 saturated heterocycles. The third-order valence-corrected chi connectivity index (χ3v) is 5.42. The summed E-state index contributed by atoms with van der Waals surface area (Å²) in [6, 6.07) is 4.05. The summed E-state index contributed by atoms with van der Waals surface area (Å²) >= 11 is 1.89. The van der Waals surface area contributed by atoms with Crippen molar-refractivity contribution in [3.63, 3.8) is 0 Å². The van der Waals surface area contributed by atoms with Gasteiger partial charge in [0.15, 0.2) is 5.17 Å². The standard InChI is InChI=1S/C15H21N3S/c1-12-4-6-15(7-5-12)11-19-14(18-15)17-10-13-3-2-8-16-9-13/h2-3,8-9,12H,4-7,10-11H2,1H3,(H,17,18). The Morgan fingerprint density at radius 3 is 3.05 bits per heavy atom. The number of nitrogens with one attached hydrogen (secondary N) is 1. The van der Waals surface area contributed by atoms with E-state index in [9.17, 15) is 0 Å². The highest BCUT2D eigenvalue weighted by molar-refractivity contribution is 8.14. The molecule has 0 amide bonds. The third-order valence-electron chi connectivity index (χ3n) is 4.22. The molecule has 1 aromatic rings. The van der Waals surface area contributed by atoms with Crippen molar-refractivity contribution in [3.05, 3.63) is 30.1 Å². The fraction of sp³-hybridized carbons (Fsp3) is 0.600. The Morgan fingerprint density at radius 1 is 1.47 bits per heavy atom. The Bertz CT molecular complexity index is 450. The van der Waals surface area contributed by atoms with E-state index in [1.54, 1.807) is 6.20 Å². The van der Waals surface area contributed by atoms with Gasteiger partial charge in [0.25, 0.3) is 0 Å². The van der Waals surface area contributed by atoms with Crippen LogP contribution in [0.5, 0.6) is 0 Å². The summed E-state index contributed by atoms with van der Waals surface area (Å²) in [5.41, 5.74) is 1.51. The van der Waals surface area contributed by atoms with Crippen LogP contribution in [0.4, 0.5) is 0 Å². The molecule has 1 saturated carbocycles. The van der Waals surface area contributed by atoms with Crippen LogP contribution in [0.2, 0.25) is 0 Å². The molecular weight excluding hydrogens is 254 g/mol. The van der Waals surface area contributed by atoms with Crippen molar-refractivity contribution in [1.82, 2.24) is 10.3 Å². The van der Waals surface area contributed by atoms with Crippen molar-refractivity contribution in [2.24, 2.45) is 10.9 Å². The first-order valence-electron chi connectivity index (χ1n) is 7.10. The fourth-order valence-electron chi connectivity index (χ4n) is 2.83. The van der Waals surface area contributed by atoms with E-state index >= 15 is 0 Å². The average Bonchev–Trinajstić information content (AvgIpc) is 2.85. The number of nitrogens with zero attached hydrogens (tertiary/aromatic N) is 2. The molecule has 1 aromatic heterocycles.